The van der Waals surface area contributed by atoms with Gasteiger partial charge in [0.25, 0.3) is 0 Å². The number of hydrogen-bond acceptors (Lipinski definition) is 4. The highest BCUT2D eigenvalue weighted by Crippen LogP contribution is 2.21. The van der Waals surface area contributed by atoms with Crippen LogP contribution in [0.3, 0.4) is 0 Å². The Kier molecular flexibility index (Phi) is 4.03. The molecule has 3 rings (SSSR count). The number of anilines is 1. The lowest BCUT2D eigenvalue weighted by Crippen LogP contribution is -2.47. The van der Waals surface area contributed by atoms with Crippen molar-refractivity contribution in [3.05, 3.63) is 34.6 Å². The van der Waals surface area contributed by atoms with Crippen molar-refractivity contribution in [2.75, 3.05) is 31.5 Å². The van der Waals surface area contributed by atoms with Gasteiger partial charge in [0, 0.05) is 42.4 Å². The SMILES string of the molecule is O=C(CN1CCN2C(=O)CC=C2C1)Nc1ccc(Br)cn1. The number of nitrogens with zero attached hydrogens (tertiary/aromatic N) is 3. The Morgan fingerprint density at radius 2 is 2.24 bits per heavy atom. The van der Waals surface area contributed by atoms with Gasteiger partial charge in [0.2, 0.25) is 11.8 Å². The molecule has 0 spiro atoms. The van der Waals surface area contributed by atoms with Gasteiger partial charge in [-0.15, -0.1) is 0 Å². The average Bonchev–Trinajstić information content (AvgIpc) is 2.82. The van der Waals surface area contributed by atoms with E-state index in [4.69, 9.17) is 0 Å². The van der Waals surface area contributed by atoms with E-state index in [-0.39, 0.29) is 11.8 Å². The second kappa shape index (κ2) is 5.95. The highest BCUT2D eigenvalue weighted by molar-refractivity contribution is 9.10. The molecular weight excluding hydrogens is 336 g/mol. The number of nitrogens with one attached hydrogen (secondary N) is 1. The summed E-state index contributed by atoms with van der Waals surface area (Å²) in [5.74, 6) is 0.605. The number of carbonyl (C=O) groups excluding carboxylic acids is 2. The highest BCUT2D eigenvalue weighted by Gasteiger charge is 2.29. The van der Waals surface area contributed by atoms with Crippen molar-refractivity contribution in [2.45, 2.75) is 6.42 Å². The van der Waals surface area contributed by atoms with Gasteiger partial charge in [-0.05, 0) is 28.1 Å². The van der Waals surface area contributed by atoms with Gasteiger partial charge in [-0.1, -0.05) is 6.08 Å². The molecule has 0 saturated carbocycles. The fourth-order valence-electron chi connectivity index (χ4n) is 2.52. The predicted molar refractivity (Wildman–Crippen MR) is 81.4 cm³/mol. The normalized spacial score (nSPS) is 18.4. The van der Waals surface area contributed by atoms with E-state index in [0.29, 0.717) is 38.4 Å². The first-order chi connectivity index (χ1) is 10.1. The maximum absolute atomic E-state index is 12.0. The molecule has 21 heavy (non-hydrogen) atoms. The van der Waals surface area contributed by atoms with E-state index in [1.54, 1.807) is 12.3 Å². The molecular formula is C14H15BrN4O2. The first-order valence-corrected chi connectivity index (χ1v) is 7.54. The van der Waals surface area contributed by atoms with E-state index >= 15 is 0 Å². The molecule has 0 radical (unpaired) electrons. The maximum atomic E-state index is 12.0. The Morgan fingerprint density at radius 1 is 1.38 bits per heavy atom. The molecule has 1 saturated heterocycles. The molecule has 1 fully saturated rings. The summed E-state index contributed by atoms with van der Waals surface area (Å²) in [4.78, 5) is 31.5. The van der Waals surface area contributed by atoms with Crippen LogP contribution in [0.25, 0.3) is 0 Å². The fourth-order valence-corrected chi connectivity index (χ4v) is 2.76. The number of amides is 2. The van der Waals surface area contributed by atoms with Crippen LogP contribution in [-0.2, 0) is 9.59 Å². The number of halogens is 1. The zero-order valence-electron chi connectivity index (χ0n) is 11.4. The Hall–Kier alpha value is -1.73. The molecule has 0 aromatic carbocycles. The van der Waals surface area contributed by atoms with E-state index in [1.807, 2.05) is 21.9 Å². The molecule has 7 heteroatoms. The van der Waals surface area contributed by atoms with Crippen LogP contribution in [-0.4, -0.2) is 52.8 Å². The van der Waals surface area contributed by atoms with Gasteiger partial charge in [0.15, 0.2) is 0 Å². The number of carbonyl (C=O) groups is 2. The van der Waals surface area contributed by atoms with Crippen molar-refractivity contribution in [1.29, 1.82) is 0 Å². The molecule has 3 heterocycles. The fraction of sp³-hybridized carbons (Fsp3) is 0.357. The van der Waals surface area contributed by atoms with E-state index < -0.39 is 0 Å². The highest BCUT2D eigenvalue weighted by atomic mass is 79.9. The van der Waals surface area contributed by atoms with E-state index in [1.165, 1.54) is 0 Å². The average molecular weight is 351 g/mol. The molecule has 2 amide bonds. The van der Waals surface area contributed by atoms with Crippen LogP contribution < -0.4 is 5.32 Å². The lowest BCUT2D eigenvalue weighted by atomic mass is 10.2. The van der Waals surface area contributed by atoms with Gasteiger partial charge in [0.1, 0.15) is 5.82 Å². The van der Waals surface area contributed by atoms with Crippen LogP contribution in [0.4, 0.5) is 5.82 Å². The Labute approximate surface area is 130 Å². The van der Waals surface area contributed by atoms with E-state index in [9.17, 15) is 9.59 Å². The molecule has 0 bridgehead atoms. The van der Waals surface area contributed by atoms with Crippen LogP contribution in [0.2, 0.25) is 0 Å². The largest absolute Gasteiger partial charge is 0.314 e. The number of hydrogen-bond donors (Lipinski definition) is 1. The quantitative estimate of drug-likeness (QED) is 0.889. The Morgan fingerprint density at radius 3 is 3.00 bits per heavy atom. The molecule has 0 atom stereocenters. The zero-order chi connectivity index (χ0) is 14.8. The number of aromatic nitrogens is 1. The lowest BCUT2D eigenvalue weighted by molar-refractivity contribution is -0.128. The summed E-state index contributed by atoms with van der Waals surface area (Å²) in [5, 5.41) is 2.77. The van der Waals surface area contributed by atoms with Crippen molar-refractivity contribution < 1.29 is 9.59 Å². The van der Waals surface area contributed by atoms with Crippen LogP contribution >= 0.6 is 15.9 Å². The monoisotopic (exact) mass is 350 g/mol. The molecule has 6 nitrogen and oxygen atoms in total. The summed E-state index contributed by atoms with van der Waals surface area (Å²) in [5.41, 5.74) is 1.01. The van der Waals surface area contributed by atoms with Gasteiger partial charge >= 0.3 is 0 Å². The van der Waals surface area contributed by atoms with Crippen molar-refractivity contribution in [2.24, 2.45) is 0 Å². The van der Waals surface area contributed by atoms with Crippen molar-refractivity contribution >= 4 is 33.6 Å². The van der Waals surface area contributed by atoms with Gasteiger partial charge in [0.05, 0.1) is 6.54 Å². The van der Waals surface area contributed by atoms with Gasteiger partial charge in [-0.25, -0.2) is 4.98 Å². The lowest BCUT2D eigenvalue weighted by Gasteiger charge is -2.33. The van der Waals surface area contributed by atoms with Crippen molar-refractivity contribution in [3.8, 4) is 0 Å². The van der Waals surface area contributed by atoms with Crippen LogP contribution in [0, 0.1) is 0 Å². The second-order valence-corrected chi connectivity index (χ2v) is 5.98. The van der Waals surface area contributed by atoms with Crippen molar-refractivity contribution in [1.82, 2.24) is 14.8 Å². The van der Waals surface area contributed by atoms with Crippen LogP contribution in [0.1, 0.15) is 6.42 Å². The first kappa shape index (κ1) is 14.2. The third-order valence-electron chi connectivity index (χ3n) is 3.55. The maximum Gasteiger partial charge on any atom is 0.239 e. The number of pyridine rings is 1. The number of piperazine rings is 1. The predicted octanol–water partition coefficient (Wildman–Crippen LogP) is 1.21. The van der Waals surface area contributed by atoms with Crippen LogP contribution in [0.15, 0.2) is 34.6 Å². The molecule has 0 unspecified atom stereocenters. The summed E-state index contributed by atoms with van der Waals surface area (Å²) in [7, 11) is 0. The standard InChI is InChI=1S/C14H15BrN4O2/c15-10-1-3-12(16-7-10)17-13(20)9-18-5-6-19-11(8-18)2-4-14(19)21/h1-3,7H,4-6,8-9H2,(H,16,17,20). The van der Waals surface area contributed by atoms with Crippen LogP contribution in [0.5, 0.6) is 0 Å². The molecule has 1 N–H and O–H groups in total. The summed E-state index contributed by atoms with van der Waals surface area (Å²) < 4.78 is 0.870. The molecule has 110 valence electrons. The molecule has 0 aliphatic carbocycles. The number of rotatable bonds is 3. The van der Waals surface area contributed by atoms with Crippen molar-refractivity contribution in [3.63, 3.8) is 0 Å². The smallest absolute Gasteiger partial charge is 0.239 e. The minimum atomic E-state index is -0.0943. The summed E-state index contributed by atoms with van der Waals surface area (Å²) in [6, 6.07) is 3.58. The second-order valence-electron chi connectivity index (χ2n) is 5.07. The third-order valence-corrected chi connectivity index (χ3v) is 4.02. The van der Waals surface area contributed by atoms with Gasteiger partial charge < -0.3 is 10.2 Å². The molecule has 2 aliphatic heterocycles. The molecule has 1 aromatic rings. The van der Waals surface area contributed by atoms with Gasteiger partial charge in [-0.2, -0.15) is 0 Å². The summed E-state index contributed by atoms with van der Waals surface area (Å²) >= 11 is 3.30. The zero-order valence-corrected chi connectivity index (χ0v) is 13.0. The topological polar surface area (TPSA) is 65.5 Å². The Bertz CT molecular complexity index is 599. The molecule has 2 aliphatic rings. The van der Waals surface area contributed by atoms with E-state index in [0.717, 1.165) is 10.2 Å². The molecule has 1 aromatic heterocycles. The Balaban J connectivity index is 1.54. The number of fused-ring (bicyclic) bond motifs is 1. The third kappa shape index (κ3) is 3.30. The van der Waals surface area contributed by atoms with Gasteiger partial charge in [-0.3, -0.25) is 14.5 Å². The summed E-state index contributed by atoms with van der Waals surface area (Å²) in [6.45, 7) is 2.32. The minimum Gasteiger partial charge on any atom is -0.314 e. The summed E-state index contributed by atoms with van der Waals surface area (Å²) in [6.07, 6.45) is 4.07. The first-order valence-electron chi connectivity index (χ1n) is 6.75. The van der Waals surface area contributed by atoms with E-state index in [2.05, 4.69) is 26.2 Å². The minimum absolute atomic E-state index is 0.0943.